The quantitative estimate of drug-likeness (QED) is 0.657. The number of halogens is 1. The maximum Gasteiger partial charge on any atom is 0.228 e. The zero-order valence-electron chi connectivity index (χ0n) is 11.4. The van der Waals surface area contributed by atoms with Crippen molar-refractivity contribution in [2.75, 3.05) is 11.1 Å². The number of nitrogen functional groups attached to an aromatic ring is 1. The van der Waals surface area contributed by atoms with Crippen LogP contribution in [0.2, 0.25) is 0 Å². The smallest absolute Gasteiger partial charge is 0.228 e. The fourth-order valence-electron chi connectivity index (χ4n) is 2.49. The Morgan fingerprint density at radius 2 is 2.05 bits per heavy atom. The Bertz CT molecular complexity index is 784. The van der Waals surface area contributed by atoms with Crippen molar-refractivity contribution in [1.29, 1.82) is 0 Å². The highest BCUT2D eigenvalue weighted by Crippen LogP contribution is 2.26. The molecule has 0 aliphatic carbocycles. The van der Waals surface area contributed by atoms with E-state index in [0.717, 1.165) is 5.56 Å². The second-order valence-corrected chi connectivity index (χ2v) is 5.13. The van der Waals surface area contributed by atoms with E-state index in [9.17, 15) is 14.0 Å². The summed E-state index contributed by atoms with van der Waals surface area (Å²) >= 11 is 0. The first-order valence-electron chi connectivity index (χ1n) is 6.49. The summed E-state index contributed by atoms with van der Waals surface area (Å²) < 4.78 is 14.1. The van der Waals surface area contributed by atoms with Crippen molar-refractivity contribution >= 4 is 23.1 Å². The number of hydrogen-bond acceptors (Lipinski definition) is 3. The monoisotopic (exact) mass is 284 g/mol. The zero-order chi connectivity index (χ0) is 15.1. The molecule has 21 heavy (non-hydrogen) atoms. The Morgan fingerprint density at radius 1 is 1.29 bits per heavy atom. The summed E-state index contributed by atoms with van der Waals surface area (Å²) in [5.41, 5.74) is 8.08. The minimum atomic E-state index is -0.566. The number of hydrogen-bond donors (Lipinski definition) is 2. The van der Waals surface area contributed by atoms with Gasteiger partial charge in [-0.15, -0.1) is 0 Å². The summed E-state index contributed by atoms with van der Waals surface area (Å²) in [6.07, 6.45) is 0.231. The molecule has 1 amide bonds. The SMILES string of the molecule is Cc1cc(N)cc(C(=O)c2ccc3c(c2)CC(=O)N3)c1F. The van der Waals surface area contributed by atoms with Gasteiger partial charge in [-0.1, -0.05) is 0 Å². The van der Waals surface area contributed by atoms with Gasteiger partial charge in [-0.3, -0.25) is 9.59 Å². The second kappa shape index (κ2) is 4.70. The van der Waals surface area contributed by atoms with Crippen LogP contribution in [0.4, 0.5) is 15.8 Å². The van der Waals surface area contributed by atoms with E-state index in [1.165, 1.54) is 12.1 Å². The summed E-state index contributed by atoms with van der Waals surface area (Å²) in [5, 5.41) is 2.69. The first-order chi connectivity index (χ1) is 9.95. The fraction of sp³-hybridized carbons (Fsp3) is 0.125. The van der Waals surface area contributed by atoms with Crippen molar-refractivity contribution in [2.45, 2.75) is 13.3 Å². The summed E-state index contributed by atoms with van der Waals surface area (Å²) in [7, 11) is 0. The lowest BCUT2D eigenvalue weighted by molar-refractivity contribution is -0.115. The van der Waals surface area contributed by atoms with Gasteiger partial charge in [0.2, 0.25) is 5.91 Å². The number of anilines is 2. The number of carbonyl (C=O) groups is 2. The van der Waals surface area contributed by atoms with Crippen molar-refractivity contribution in [3.63, 3.8) is 0 Å². The molecule has 1 heterocycles. The van der Waals surface area contributed by atoms with E-state index >= 15 is 0 Å². The highest BCUT2D eigenvalue weighted by Gasteiger charge is 2.21. The maximum absolute atomic E-state index is 14.1. The summed E-state index contributed by atoms with van der Waals surface area (Å²) in [5.74, 6) is -1.12. The molecule has 4 nitrogen and oxygen atoms in total. The number of fused-ring (bicyclic) bond motifs is 1. The molecule has 0 saturated heterocycles. The van der Waals surface area contributed by atoms with Gasteiger partial charge in [-0.05, 0) is 48.4 Å². The van der Waals surface area contributed by atoms with Gasteiger partial charge in [0, 0.05) is 16.9 Å². The largest absolute Gasteiger partial charge is 0.399 e. The lowest BCUT2D eigenvalue weighted by Gasteiger charge is -2.08. The number of benzene rings is 2. The summed E-state index contributed by atoms with van der Waals surface area (Å²) in [6, 6.07) is 7.67. The van der Waals surface area contributed by atoms with Crippen LogP contribution >= 0.6 is 0 Å². The van der Waals surface area contributed by atoms with Crippen LogP contribution in [0, 0.1) is 12.7 Å². The van der Waals surface area contributed by atoms with Gasteiger partial charge in [-0.2, -0.15) is 0 Å². The van der Waals surface area contributed by atoms with Crippen LogP contribution in [-0.2, 0) is 11.2 Å². The highest BCUT2D eigenvalue weighted by atomic mass is 19.1. The van der Waals surface area contributed by atoms with E-state index in [0.29, 0.717) is 22.5 Å². The topological polar surface area (TPSA) is 72.2 Å². The third kappa shape index (κ3) is 2.27. The number of carbonyl (C=O) groups excluding carboxylic acids is 2. The Hall–Kier alpha value is -2.69. The molecule has 0 radical (unpaired) electrons. The third-order valence-corrected chi connectivity index (χ3v) is 3.51. The van der Waals surface area contributed by atoms with E-state index in [1.807, 2.05) is 0 Å². The predicted octanol–water partition coefficient (Wildman–Crippen LogP) is 2.44. The standard InChI is InChI=1S/C16H13FN2O2/c1-8-4-11(18)7-12(15(8)17)16(21)9-2-3-13-10(5-9)6-14(20)19-13/h2-5,7H,6,18H2,1H3,(H,19,20). The minimum Gasteiger partial charge on any atom is -0.399 e. The van der Waals surface area contributed by atoms with Crippen LogP contribution in [-0.4, -0.2) is 11.7 Å². The number of aryl methyl sites for hydroxylation is 1. The van der Waals surface area contributed by atoms with Crippen LogP contribution in [0.5, 0.6) is 0 Å². The predicted molar refractivity (Wildman–Crippen MR) is 77.8 cm³/mol. The van der Waals surface area contributed by atoms with Gasteiger partial charge in [0.15, 0.2) is 5.78 Å². The third-order valence-electron chi connectivity index (χ3n) is 3.51. The second-order valence-electron chi connectivity index (χ2n) is 5.13. The Balaban J connectivity index is 2.04. The van der Waals surface area contributed by atoms with Crippen molar-refractivity contribution < 1.29 is 14.0 Å². The first-order valence-corrected chi connectivity index (χ1v) is 6.49. The average molecular weight is 284 g/mol. The lowest BCUT2D eigenvalue weighted by Crippen LogP contribution is -2.07. The van der Waals surface area contributed by atoms with Gasteiger partial charge in [0.05, 0.1) is 12.0 Å². The lowest BCUT2D eigenvalue weighted by atomic mass is 9.98. The summed E-state index contributed by atoms with van der Waals surface area (Å²) in [4.78, 5) is 23.8. The molecule has 0 spiro atoms. The molecule has 0 bridgehead atoms. The van der Waals surface area contributed by atoms with Crippen molar-refractivity contribution in [1.82, 2.24) is 0 Å². The highest BCUT2D eigenvalue weighted by molar-refractivity contribution is 6.11. The average Bonchev–Trinajstić information content (AvgIpc) is 2.81. The molecule has 0 unspecified atom stereocenters. The van der Waals surface area contributed by atoms with Gasteiger partial charge in [0.1, 0.15) is 5.82 Å². The van der Waals surface area contributed by atoms with Crippen LogP contribution < -0.4 is 11.1 Å². The number of nitrogens with one attached hydrogen (secondary N) is 1. The van der Waals surface area contributed by atoms with Gasteiger partial charge in [-0.25, -0.2) is 4.39 Å². The number of ketones is 1. The Morgan fingerprint density at radius 3 is 2.81 bits per heavy atom. The normalized spacial score (nSPS) is 13.0. The zero-order valence-corrected chi connectivity index (χ0v) is 11.4. The molecule has 2 aromatic carbocycles. The van der Waals surface area contributed by atoms with Crippen molar-refractivity contribution in [3.8, 4) is 0 Å². The molecule has 0 aromatic heterocycles. The molecule has 3 N–H and O–H groups in total. The molecule has 0 fully saturated rings. The molecule has 1 aliphatic heterocycles. The molecule has 0 atom stereocenters. The molecular formula is C16H13FN2O2. The number of rotatable bonds is 2. The van der Waals surface area contributed by atoms with Gasteiger partial charge < -0.3 is 11.1 Å². The molecule has 5 heteroatoms. The molecule has 1 aliphatic rings. The number of amides is 1. The molecular weight excluding hydrogens is 271 g/mol. The molecule has 106 valence electrons. The fourth-order valence-corrected chi connectivity index (χ4v) is 2.49. The Labute approximate surface area is 120 Å². The van der Waals surface area contributed by atoms with Gasteiger partial charge >= 0.3 is 0 Å². The van der Waals surface area contributed by atoms with Crippen LogP contribution in [0.15, 0.2) is 30.3 Å². The molecule has 2 aromatic rings. The Kier molecular flexibility index (Phi) is 2.97. The maximum atomic E-state index is 14.1. The summed E-state index contributed by atoms with van der Waals surface area (Å²) in [6.45, 7) is 1.56. The van der Waals surface area contributed by atoms with Crippen LogP contribution in [0.25, 0.3) is 0 Å². The van der Waals surface area contributed by atoms with Crippen molar-refractivity contribution in [2.24, 2.45) is 0 Å². The van der Waals surface area contributed by atoms with Crippen LogP contribution in [0.3, 0.4) is 0 Å². The first kappa shape index (κ1) is 13.3. The van der Waals surface area contributed by atoms with Crippen LogP contribution in [0.1, 0.15) is 27.0 Å². The number of nitrogens with two attached hydrogens (primary N) is 1. The van der Waals surface area contributed by atoms with Crippen molar-refractivity contribution in [3.05, 3.63) is 58.4 Å². The molecule has 3 rings (SSSR count). The van der Waals surface area contributed by atoms with E-state index in [4.69, 9.17) is 5.73 Å². The minimum absolute atomic E-state index is 0.0512. The van der Waals surface area contributed by atoms with E-state index in [-0.39, 0.29) is 17.9 Å². The van der Waals surface area contributed by atoms with E-state index < -0.39 is 11.6 Å². The van der Waals surface area contributed by atoms with Gasteiger partial charge in [0.25, 0.3) is 0 Å². The van der Waals surface area contributed by atoms with E-state index in [2.05, 4.69) is 5.32 Å². The van der Waals surface area contributed by atoms with E-state index in [1.54, 1.807) is 25.1 Å². The molecule has 0 saturated carbocycles.